The second-order valence-electron chi connectivity index (χ2n) is 5.63. The minimum atomic E-state index is -3.02. The van der Waals surface area contributed by atoms with E-state index < -0.39 is 15.7 Å². The molecule has 0 bridgehead atoms. The first-order valence-electron chi connectivity index (χ1n) is 7.52. The Morgan fingerprint density at radius 2 is 2.12 bits per heavy atom. The Balaban J connectivity index is 1.67. The third kappa shape index (κ3) is 3.81. The Kier molecular flexibility index (Phi) is 4.96. The molecule has 2 fully saturated rings. The highest BCUT2D eigenvalue weighted by Gasteiger charge is 2.48. The van der Waals surface area contributed by atoms with Crippen LogP contribution in [0, 0.1) is 0 Å². The number of nitrogens with zero attached hydrogens (tertiary/aromatic N) is 2. The highest BCUT2D eigenvalue weighted by atomic mass is 32.2. The number of thioether (sulfide) groups is 1. The standard InChI is InChI=1S/C16H18N2O4S2/c1-2-8-18-13-10-24(20,21)11-14(13)23-16(18)17-15(19)9-22-12-6-4-3-5-7-12/h2-7,13-14H,1,8-11H2/t13-,14-/m0/s1. The van der Waals surface area contributed by atoms with Gasteiger partial charge >= 0.3 is 0 Å². The van der Waals surface area contributed by atoms with Gasteiger partial charge in [-0.05, 0) is 12.1 Å². The van der Waals surface area contributed by atoms with Crippen molar-refractivity contribution in [2.45, 2.75) is 11.3 Å². The van der Waals surface area contributed by atoms with E-state index in [-0.39, 0.29) is 29.4 Å². The lowest BCUT2D eigenvalue weighted by atomic mass is 10.2. The van der Waals surface area contributed by atoms with Crippen LogP contribution in [0.3, 0.4) is 0 Å². The topological polar surface area (TPSA) is 76.0 Å². The number of aliphatic imine (C=N–C) groups is 1. The first-order chi connectivity index (χ1) is 11.5. The Bertz CT molecular complexity index is 762. The zero-order valence-corrected chi connectivity index (χ0v) is 14.6. The van der Waals surface area contributed by atoms with E-state index in [9.17, 15) is 13.2 Å². The van der Waals surface area contributed by atoms with Crippen molar-refractivity contribution in [2.24, 2.45) is 4.99 Å². The molecule has 0 unspecified atom stereocenters. The van der Waals surface area contributed by atoms with Gasteiger partial charge in [-0.25, -0.2) is 8.42 Å². The molecule has 8 heteroatoms. The Labute approximate surface area is 145 Å². The summed E-state index contributed by atoms with van der Waals surface area (Å²) in [6, 6.07) is 8.91. The van der Waals surface area contributed by atoms with Crippen LogP contribution in [-0.2, 0) is 14.6 Å². The lowest BCUT2D eigenvalue weighted by Crippen LogP contribution is -2.37. The summed E-state index contributed by atoms with van der Waals surface area (Å²) < 4.78 is 29.0. The summed E-state index contributed by atoms with van der Waals surface area (Å²) in [5.41, 5.74) is 0. The number of hydrogen-bond donors (Lipinski definition) is 0. The van der Waals surface area contributed by atoms with Crippen molar-refractivity contribution in [2.75, 3.05) is 24.7 Å². The molecule has 0 spiro atoms. The van der Waals surface area contributed by atoms with Gasteiger partial charge in [0.1, 0.15) is 5.75 Å². The average Bonchev–Trinajstić information content (AvgIpc) is 2.99. The van der Waals surface area contributed by atoms with Gasteiger partial charge in [0, 0.05) is 11.8 Å². The highest BCUT2D eigenvalue weighted by Crippen LogP contribution is 2.37. The highest BCUT2D eigenvalue weighted by molar-refractivity contribution is 8.15. The van der Waals surface area contributed by atoms with Gasteiger partial charge < -0.3 is 9.64 Å². The first-order valence-corrected chi connectivity index (χ1v) is 10.2. The maximum absolute atomic E-state index is 12.1. The van der Waals surface area contributed by atoms with E-state index in [4.69, 9.17) is 4.74 Å². The van der Waals surface area contributed by atoms with E-state index in [0.717, 1.165) is 0 Å². The number of amidine groups is 1. The van der Waals surface area contributed by atoms with E-state index >= 15 is 0 Å². The van der Waals surface area contributed by atoms with Gasteiger partial charge in [0.25, 0.3) is 5.91 Å². The van der Waals surface area contributed by atoms with Gasteiger partial charge in [-0.3, -0.25) is 4.79 Å². The molecule has 6 nitrogen and oxygen atoms in total. The van der Waals surface area contributed by atoms with E-state index in [1.807, 2.05) is 23.1 Å². The summed E-state index contributed by atoms with van der Waals surface area (Å²) >= 11 is 1.35. The largest absolute Gasteiger partial charge is 0.484 e. The van der Waals surface area contributed by atoms with Crippen LogP contribution in [-0.4, -0.2) is 60.3 Å². The molecular weight excluding hydrogens is 348 g/mol. The summed E-state index contributed by atoms with van der Waals surface area (Å²) in [4.78, 5) is 18.0. The van der Waals surface area contributed by atoms with Crippen LogP contribution in [0.15, 0.2) is 48.0 Å². The van der Waals surface area contributed by atoms with Gasteiger partial charge in [-0.2, -0.15) is 4.99 Å². The second kappa shape index (κ2) is 6.98. The lowest BCUT2D eigenvalue weighted by Gasteiger charge is -2.22. The maximum Gasteiger partial charge on any atom is 0.285 e. The van der Waals surface area contributed by atoms with Crippen LogP contribution in [0.25, 0.3) is 0 Å². The minimum Gasteiger partial charge on any atom is -0.484 e. The summed E-state index contributed by atoms with van der Waals surface area (Å²) in [6.07, 6.45) is 1.69. The normalized spacial score (nSPS) is 26.3. The van der Waals surface area contributed by atoms with Gasteiger partial charge in [0.15, 0.2) is 21.6 Å². The summed E-state index contributed by atoms with van der Waals surface area (Å²) in [5.74, 6) is 0.449. The number of amides is 1. The molecule has 128 valence electrons. The van der Waals surface area contributed by atoms with E-state index in [1.54, 1.807) is 18.2 Å². The monoisotopic (exact) mass is 366 g/mol. The molecule has 1 amide bonds. The van der Waals surface area contributed by atoms with E-state index in [1.165, 1.54) is 11.8 Å². The summed E-state index contributed by atoms with van der Waals surface area (Å²) in [6.45, 7) is 4.02. The SMILES string of the molecule is C=CCN1C(=NC(=O)COc2ccccc2)S[C@H]2CS(=O)(=O)C[C@@H]21. The van der Waals surface area contributed by atoms with Crippen molar-refractivity contribution in [3.63, 3.8) is 0 Å². The molecule has 24 heavy (non-hydrogen) atoms. The van der Waals surface area contributed by atoms with Gasteiger partial charge in [-0.15, -0.1) is 6.58 Å². The number of hydrogen-bond acceptors (Lipinski definition) is 5. The van der Waals surface area contributed by atoms with Crippen LogP contribution >= 0.6 is 11.8 Å². The van der Waals surface area contributed by atoms with Crippen molar-refractivity contribution >= 4 is 32.7 Å². The van der Waals surface area contributed by atoms with Gasteiger partial charge in [0.05, 0.1) is 17.5 Å². The van der Waals surface area contributed by atoms with Crippen LogP contribution < -0.4 is 4.74 Å². The third-order valence-electron chi connectivity index (χ3n) is 3.83. The molecule has 2 aliphatic rings. The van der Waals surface area contributed by atoms with E-state index in [2.05, 4.69) is 11.6 Å². The van der Waals surface area contributed by atoms with Crippen molar-refractivity contribution in [3.8, 4) is 5.75 Å². The predicted octanol–water partition coefficient (Wildman–Crippen LogP) is 1.35. The number of benzene rings is 1. The number of ether oxygens (including phenoxy) is 1. The predicted molar refractivity (Wildman–Crippen MR) is 95.1 cm³/mol. The number of sulfone groups is 1. The van der Waals surface area contributed by atoms with Crippen molar-refractivity contribution in [3.05, 3.63) is 43.0 Å². The lowest BCUT2D eigenvalue weighted by molar-refractivity contribution is -0.119. The summed E-state index contributed by atoms with van der Waals surface area (Å²) in [7, 11) is -3.02. The molecule has 1 aromatic carbocycles. The van der Waals surface area contributed by atoms with Gasteiger partial charge in [-0.1, -0.05) is 36.0 Å². The molecule has 2 aliphatic heterocycles. The Morgan fingerprint density at radius 3 is 2.83 bits per heavy atom. The smallest absolute Gasteiger partial charge is 0.285 e. The number of carbonyl (C=O) groups is 1. The zero-order valence-electron chi connectivity index (χ0n) is 13.0. The Hall–Kier alpha value is -1.80. The summed E-state index contributed by atoms with van der Waals surface area (Å²) in [5, 5.41) is 0.484. The molecule has 2 heterocycles. The number of rotatable bonds is 5. The molecule has 0 aliphatic carbocycles. The van der Waals surface area contributed by atoms with Crippen LogP contribution in [0.1, 0.15) is 0 Å². The Morgan fingerprint density at radius 1 is 1.38 bits per heavy atom. The molecule has 1 aromatic rings. The van der Waals surface area contributed by atoms with Crippen molar-refractivity contribution in [1.82, 2.24) is 4.90 Å². The first kappa shape index (κ1) is 17.0. The molecule has 2 saturated heterocycles. The quantitative estimate of drug-likeness (QED) is 0.732. The number of carbonyl (C=O) groups excluding carboxylic acids is 1. The number of para-hydroxylation sites is 1. The average molecular weight is 366 g/mol. The van der Waals surface area contributed by atoms with Crippen LogP contribution in [0.5, 0.6) is 5.75 Å². The molecule has 0 radical (unpaired) electrons. The molecule has 0 aromatic heterocycles. The van der Waals surface area contributed by atoms with E-state index in [0.29, 0.717) is 17.5 Å². The van der Waals surface area contributed by atoms with Crippen LogP contribution in [0.4, 0.5) is 0 Å². The number of fused-ring (bicyclic) bond motifs is 1. The molecular formula is C16H18N2O4S2. The zero-order chi connectivity index (χ0) is 17.2. The third-order valence-corrected chi connectivity index (χ3v) is 7.07. The van der Waals surface area contributed by atoms with Gasteiger partial charge in [0.2, 0.25) is 0 Å². The molecule has 0 saturated carbocycles. The van der Waals surface area contributed by atoms with Crippen molar-refractivity contribution in [1.29, 1.82) is 0 Å². The molecule has 3 rings (SSSR count). The fourth-order valence-electron chi connectivity index (χ4n) is 2.79. The molecule has 0 N–H and O–H groups in total. The maximum atomic E-state index is 12.1. The minimum absolute atomic E-state index is 0.0726. The fraction of sp³-hybridized carbons (Fsp3) is 0.375. The van der Waals surface area contributed by atoms with Crippen LogP contribution in [0.2, 0.25) is 0 Å². The second-order valence-corrected chi connectivity index (χ2v) is 8.99. The molecule has 2 atom stereocenters. The van der Waals surface area contributed by atoms with Crippen molar-refractivity contribution < 1.29 is 17.9 Å². The fourth-order valence-corrected chi connectivity index (χ4v) is 6.77.